The largest absolute Gasteiger partial charge is 0.492 e. The molecule has 0 amide bonds. The fourth-order valence-corrected chi connectivity index (χ4v) is 1.25. The molecular weight excluding hydrogens is 231 g/mol. The van der Waals surface area contributed by atoms with Crippen molar-refractivity contribution in [3.05, 3.63) is 26.7 Å². The maximum atomic E-state index is 13.0. The Morgan fingerprint density at radius 1 is 1.41 bits per heavy atom. The van der Waals surface area contributed by atoms with E-state index in [-0.39, 0.29) is 13.2 Å². The predicted octanol–water partition coefficient (Wildman–Crippen LogP) is 0.198. The van der Waals surface area contributed by atoms with E-state index in [1.165, 1.54) is 0 Å². The van der Waals surface area contributed by atoms with E-state index in [2.05, 4.69) is 0 Å². The minimum absolute atomic E-state index is 0.0118. The number of hydrogen-bond donors (Lipinski definition) is 2. The second-order valence-corrected chi connectivity index (χ2v) is 3.51. The van der Waals surface area contributed by atoms with Crippen molar-refractivity contribution in [2.45, 2.75) is 26.3 Å². The highest BCUT2D eigenvalue weighted by Gasteiger charge is 2.12. The van der Waals surface area contributed by atoms with E-state index in [0.29, 0.717) is 6.61 Å². The van der Waals surface area contributed by atoms with Crippen LogP contribution in [0.25, 0.3) is 0 Å². The Hall–Kier alpha value is -1.63. The molecule has 0 aliphatic heterocycles. The van der Waals surface area contributed by atoms with Gasteiger partial charge in [0, 0.05) is 6.61 Å². The zero-order chi connectivity index (χ0) is 12.8. The number of aromatic amines is 1. The third kappa shape index (κ3) is 3.42. The lowest BCUT2D eigenvalue weighted by atomic mass is 10.4. The molecule has 0 atom stereocenters. The molecule has 0 saturated heterocycles. The second kappa shape index (κ2) is 6.19. The first-order valence-electron chi connectivity index (χ1n) is 5.37. The summed E-state index contributed by atoms with van der Waals surface area (Å²) in [4.78, 5) is 23.8. The third-order valence-corrected chi connectivity index (χ3v) is 2.22. The minimum atomic E-state index is -1.36. The molecule has 6 nitrogen and oxygen atoms in total. The first-order valence-corrected chi connectivity index (χ1v) is 5.37. The lowest BCUT2D eigenvalue weighted by Gasteiger charge is -2.08. The SMILES string of the molecule is CCCCOCCn1c(O)c(F)c(=O)[nH]c1=O. The molecule has 0 aromatic carbocycles. The summed E-state index contributed by atoms with van der Waals surface area (Å²) in [5.41, 5.74) is -2.08. The van der Waals surface area contributed by atoms with Crippen LogP contribution in [-0.4, -0.2) is 27.9 Å². The average Bonchev–Trinajstić information content (AvgIpc) is 2.30. The number of H-pyrrole nitrogens is 1. The molecule has 7 heteroatoms. The first kappa shape index (κ1) is 13.4. The Labute approximate surface area is 96.7 Å². The van der Waals surface area contributed by atoms with Crippen molar-refractivity contribution in [2.75, 3.05) is 13.2 Å². The zero-order valence-electron chi connectivity index (χ0n) is 9.53. The highest BCUT2D eigenvalue weighted by Crippen LogP contribution is 2.06. The molecule has 1 heterocycles. The van der Waals surface area contributed by atoms with Crippen molar-refractivity contribution in [1.82, 2.24) is 9.55 Å². The van der Waals surface area contributed by atoms with Crippen molar-refractivity contribution >= 4 is 0 Å². The highest BCUT2D eigenvalue weighted by atomic mass is 19.1. The molecule has 0 fully saturated rings. The van der Waals surface area contributed by atoms with E-state index >= 15 is 0 Å². The van der Waals surface area contributed by atoms with Gasteiger partial charge in [0.25, 0.3) is 5.56 Å². The number of halogens is 1. The molecule has 17 heavy (non-hydrogen) atoms. The van der Waals surface area contributed by atoms with E-state index in [0.717, 1.165) is 17.4 Å². The van der Waals surface area contributed by atoms with Crippen LogP contribution in [-0.2, 0) is 11.3 Å². The van der Waals surface area contributed by atoms with Crippen LogP contribution in [0.3, 0.4) is 0 Å². The highest BCUT2D eigenvalue weighted by molar-refractivity contribution is 5.09. The van der Waals surface area contributed by atoms with Crippen molar-refractivity contribution < 1.29 is 14.2 Å². The second-order valence-electron chi connectivity index (χ2n) is 3.51. The summed E-state index contributed by atoms with van der Waals surface area (Å²) in [7, 11) is 0. The van der Waals surface area contributed by atoms with E-state index in [4.69, 9.17) is 4.74 Å². The molecule has 0 saturated carbocycles. The molecule has 96 valence electrons. The third-order valence-electron chi connectivity index (χ3n) is 2.22. The quantitative estimate of drug-likeness (QED) is 0.702. The first-order chi connectivity index (χ1) is 8.07. The molecular formula is C10H15FN2O4. The Bertz CT molecular complexity index is 480. The lowest BCUT2D eigenvalue weighted by Crippen LogP contribution is -2.32. The number of nitrogens with zero attached hydrogens (tertiary/aromatic N) is 1. The molecule has 1 rings (SSSR count). The number of nitrogens with one attached hydrogen (secondary N) is 1. The molecule has 0 aliphatic rings. The van der Waals surface area contributed by atoms with Crippen LogP contribution in [0.1, 0.15) is 19.8 Å². The van der Waals surface area contributed by atoms with Crippen molar-refractivity contribution in [3.8, 4) is 5.88 Å². The van der Waals surface area contributed by atoms with Gasteiger partial charge < -0.3 is 9.84 Å². The summed E-state index contributed by atoms with van der Waals surface area (Å²) in [6, 6.07) is 0. The van der Waals surface area contributed by atoms with Crippen LogP contribution in [0.4, 0.5) is 4.39 Å². The molecule has 0 bridgehead atoms. The Morgan fingerprint density at radius 2 is 2.12 bits per heavy atom. The monoisotopic (exact) mass is 246 g/mol. The van der Waals surface area contributed by atoms with Gasteiger partial charge in [-0.25, -0.2) is 4.79 Å². The van der Waals surface area contributed by atoms with Gasteiger partial charge in [0.05, 0.1) is 13.2 Å². The van der Waals surface area contributed by atoms with Gasteiger partial charge in [0.2, 0.25) is 11.7 Å². The van der Waals surface area contributed by atoms with Gasteiger partial charge in [-0.1, -0.05) is 13.3 Å². The fourth-order valence-electron chi connectivity index (χ4n) is 1.25. The zero-order valence-corrected chi connectivity index (χ0v) is 9.53. The predicted molar refractivity (Wildman–Crippen MR) is 58.7 cm³/mol. The summed E-state index contributed by atoms with van der Waals surface area (Å²) in [5.74, 6) is -2.32. The minimum Gasteiger partial charge on any atom is -0.492 e. The van der Waals surface area contributed by atoms with E-state index in [1.807, 2.05) is 6.92 Å². The van der Waals surface area contributed by atoms with Gasteiger partial charge in [0.1, 0.15) is 0 Å². The molecule has 1 aromatic rings. The van der Waals surface area contributed by atoms with Crippen molar-refractivity contribution in [1.29, 1.82) is 0 Å². The maximum Gasteiger partial charge on any atom is 0.331 e. The molecule has 2 N–H and O–H groups in total. The normalized spacial score (nSPS) is 10.7. The van der Waals surface area contributed by atoms with Gasteiger partial charge >= 0.3 is 5.69 Å². The number of unbranched alkanes of at least 4 members (excludes halogenated alkanes) is 1. The smallest absolute Gasteiger partial charge is 0.331 e. The van der Waals surface area contributed by atoms with Gasteiger partial charge in [0.15, 0.2) is 0 Å². The maximum absolute atomic E-state index is 13.0. The standard InChI is InChI=1S/C10H15FN2O4/c1-2-3-5-17-6-4-13-9(15)7(11)8(14)12-10(13)16/h15H,2-6H2,1H3,(H,12,14,16). The van der Waals surface area contributed by atoms with Gasteiger partial charge in [-0.2, -0.15) is 4.39 Å². The summed E-state index contributed by atoms with van der Waals surface area (Å²) < 4.78 is 18.9. The molecule has 0 spiro atoms. The number of aromatic nitrogens is 2. The lowest BCUT2D eigenvalue weighted by molar-refractivity contribution is 0.120. The van der Waals surface area contributed by atoms with Crippen LogP contribution < -0.4 is 11.2 Å². The topological polar surface area (TPSA) is 84.3 Å². The number of rotatable bonds is 6. The molecule has 0 unspecified atom stereocenters. The summed E-state index contributed by atoms with van der Waals surface area (Å²) in [6.07, 6.45) is 1.87. The van der Waals surface area contributed by atoms with Crippen LogP contribution >= 0.6 is 0 Å². The summed E-state index contributed by atoms with van der Waals surface area (Å²) in [5, 5.41) is 9.27. The summed E-state index contributed by atoms with van der Waals surface area (Å²) >= 11 is 0. The van der Waals surface area contributed by atoms with Crippen molar-refractivity contribution in [3.63, 3.8) is 0 Å². The van der Waals surface area contributed by atoms with Gasteiger partial charge in [-0.05, 0) is 6.42 Å². The molecule has 0 aliphatic carbocycles. The number of ether oxygens (including phenoxy) is 1. The number of hydrogen-bond acceptors (Lipinski definition) is 4. The Kier molecular flexibility index (Phi) is 4.89. The van der Waals surface area contributed by atoms with Crippen LogP contribution in [0.15, 0.2) is 9.59 Å². The van der Waals surface area contributed by atoms with Gasteiger partial charge in [-0.3, -0.25) is 14.3 Å². The fraction of sp³-hybridized carbons (Fsp3) is 0.600. The summed E-state index contributed by atoms with van der Waals surface area (Å²) in [6.45, 7) is 2.70. The molecule has 1 aromatic heterocycles. The Morgan fingerprint density at radius 3 is 2.76 bits per heavy atom. The van der Waals surface area contributed by atoms with E-state index in [1.54, 1.807) is 4.98 Å². The Balaban J connectivity index is 2.69. The van der Waals surface area contributed by atoms with Crippen LogP contribution in [0, 0.1) is 5.82 Å². The van der Waals surface area contributed by atoms with Crippen LogP contribution in [0.2, 0.25) is 0 Å². The average molecular weight is 246 g/mol. The van der Waals surface area contributed by atoms with E-state index in [9.17, 15) is 19.1 Å². The van der Waals surface area contributed by atoms with Gasteiger partial charge in [-0.15, -0.1) is 0 Å². The van der Waals surface area contributed by atoms with Crippen molar-refractivity contribution in [2.24, 2.45) is 0 Å². The van der Waals surface area contributed by atoms with E-state index < -0.39 is 22.9 Å². The molecule has 0 radical (unpaired) electrons. The van der Waals surface area contributed by atoms with Crippen LogP contribution in [0.5, 0.6) is 5.88 Å². The number of aromatic hydroxyl groups is 1.